The van der Waals surface area contributed by atoms with Crippen LogP contribution in [-0.4, -0.2) is 22.6 Å². The van der Waals surface area contributed by atoms with E-state index in [9.17, 15) is 4.79 Å². The van der Waals surface area contributed by atoms with Crippen molar-refractivity contribution in [1.82, 2.24) is 10.2 Å². The van der Waals surface area contributed by atoms with E-state index in [1.165, 1.54) is 0 Å². The molecule has 0 saturated heterocycles. The first-order valence-electron chi connectivity index (χ1n) is 6.45. The molecule has 2 rings (SSSR count). The van der Waals surface area contributed by atoms with Gasteiger partial charge in [0.05, 0.1) is 5.41 Å². The molecule has 1 saturated carbocycles. The SMILES string of the molecule is CC1CCC(CN)(C(=O)Nc2cccnn2)CC1. The van der Waals surface area contributed by atoms with Gasteiger partial charge in [0, 0.05) is 12.7 Å². The Bertz CT molecular complexity index is 399. The lowest BCUT2D eigenvalue weighted by atomic mass is 9.70. The first-order valence-corrected chi connectivity index (χ1v) is 6.45. The minimum Gasteiger partial charge on any atom is -0.329 e. The third-order valence-corrected chi connectivity index (χ3v) is 3.92. The van der Waals surface area contributed by atoms with Crippen LogP contribution in [-0.2, 0) is 4.79 Å². The number of rotatable bonds is 3. The first kappa shape index (κ1) is 13.0. The van der Waals surface area contributed by atoms with E-state index < -0.39 is 5.41 Å². The maximum atomic E-state index is 12.4. The van der Waals surface area contributed by atoms with E-state index in [2.05, 4.69) is 22.4 Å². The third kappa shape index (κ3) is 2.67. The van der Waals surface area contributed by atoms with Crippen LogP contribution in [0, 0.1) is 11.3 Å². The smallest absolute Gasteiger partial charge is 0.233 e. The van der Waals surface area contributed by atoms with Gasteiger partial charge in [-0.3, -0.25) is 4.79 Å². The van der Waals surface area contributed by atoms with Gasteiger partial charge in [-0.15, -0.1) is 5.10 Å². The standard InChI is InChI=1S/C13H20N4O/c1-10-4-6-13(9-14,7-5-10)12(18)16-11-3-2-8-15-17-11/h2-3,8,10H,4-7,9,14H2,1H3,(H,16,17,18). The number of amides is 1. The average molecular weight is 248 g/mol. The molecule has 1 amide bonds. The Labute approximate surface area is 107 Å². The van der Waals surface area contributed by atoms with E-state index >= 15 is 0 Å². The summed E-state index contributed by atoms with van der Waals surface area (Å²) >= 11 is 0. The average Bonchev–Trinajstić information content (AvgIpc) is 2.41. The molecule has 18 heavy (non-hydrogen) atoms. The lowest BCUT2D eigenvalue weighted by molar-refractivity contribution is -0.127. The number of nitrogens with zero attached hydrogens (tertiary/aromatic N) is 2. The van der Waals surface area contributed by atoms with Crippen molar-refractivity contribution in [2.45, 2.75) is 32.6 Å². The van der Waals surface area contributed by atoms with Crippen LogP contribution in [0.4, 0.5) is 5.82 Å². The molecule has 0 radical (unpaired) electrons. The molecule has 0 atom stereocenters. The Kier molecular flexibility index (Phi) is 3.91. The van der Waals surface area contributed by atoms with Crippen molar-refractivity contribution in [3.8, 4) is 0 Å². The Hall–Kier alpha value is -1.49. The van der Waals surface area contributed by atoms with Gasteiger partial charge in [0.1, 0.15) is 0 Å². The molecule has 0 unspecified atom stereocenters. The van der Waals surface area contributed by atoms with Crippen molar-refractivity contribution in [3.05, 3.63) is 18.3 Å². The number of hydrogen-bond acceptors (Lipinski definition) is 4. The highest BCUT2D eigenvalue weighted by Crippen LogP contribution is 2.38. The zero-order chi connectivity index (χ0) is 13.0. The van der Waals surface area contributed by atoms with E-state index in [0.717, 1.165) is 25.7 Å². The molecule has 1 heterocycles. The van der Waals surface area contributed by atoms with E-state index in [4.69, 9.17) is 5.73 Å². The number of nitrogens with one attached hydrogen (secondary N) is 1. The van der Waals surface area contributed by atoms with Crippen LogP contribution in [0.2, 0.25) is 0 Å². The van der Waals surface area contributed by atoms with Gasteiger partial charge in [-0.25, -0.2) is 0 Å². The normalized spacial score (nSPS) is 27.8. The molecular weight excluding hydrogens is 228 g/mol. The molecule has 0 spiro atoms. The largest absolute Gasteiger partial charge is 0.329 e. The van der Waals surface area contributed by atoms with Gasteiger partial charge in [-0.05, 0) is 43.7 Å². The molecule has 1 aliphatic rings. The third-order valence-electron chi connectivity index (χ3n) is 3.92. The topological polar surface area (TPSA) is 80.9 Å². The van der Waals surface area contributed by atoms with Crippen LogP contribution in [0.5, 0.6) is 0 Å². The van der Waals surface area contributed by atoms with Crippen molar-refractivity contribution in [2.75, 3.05) is 11.9 Å². The number of carbonyl (C=O) groups is 1. The number of hydrogen-bond donors (Lipinski definition) is 2. The van der Waals surface area contributed by atoms with E-state index in [1.807, 2.05) is 0 Å². The Morgan fingerprint density at radius 3 is 2.83 bits per heavy atom. The number of aromatic nitrogens is 2. The quantitative estimate of drug-likeness (QED) is 0.850. The van der Waals surface area contributed by atoms with Gasteiger partial charge in [-0.2, -0.15) is 5.10 Å². The van der Waals surface area contributed by atoms with Crippen molar-refractivity contribution in [2.24, 2.45) is 17.1 Å². The van der Waals surface area contributed by atoms with Crippen LogP contribution in [0.25, 0.3) is 0 Å². The lowest BCUT2D eigenvalue weighted by Gasteiger charge is -2.36. The highest BCUT2D eigenvalue weighted by atomic mass is 16.2. The van der Waals surface area contributed by atoms with Crippen LogP contribution in [0.3, 0.4) is 0 Å². The van der Waals surface area contributed by atoms with Gasteiger partial charge in [0.2, 0.25) is 5.91 Å². The van der Waals surface area contributed by atoms with Crippen molar-refractivity contribution < 1.29 is 4.79 Å². The molecule has 1 fully saturated rings. The Morgan fingerprint density at radius 1 is 1.56 bits per heavy atom. The summed E-state index contributed by atoms with van der Waals surface area (Å²) < 4.78 is 0. The number of anilines is 1. The van der Waals surface area contributed by atoms with Gasteiger partial charge >= 0.3 is 0 Å². The Morgan fingerprint density at radius 2 is 2.28 bits per heavy atom. The maximum Gasteiger partial charge on any atom is 0.233 e. The van der Waals surface area contributed by atoms with E-state index in [1.54, 1.807) is 18.3 Å². The summed E-state index contributed by atoms with van der Waals surface area (Å²) in [4.78, 5) is 12.4. The zero-order valence-corrected chi connectivity index (χ0v) is 10.7. The second-order valence-corrected chi connectivity index (χ2v) is 5.23. The fourth-order valence-electron chi connectivity index (χ4n) is 2.46. The van der Waals surface area contributed by atoms with Crippen molar-refractivity contribution in [1.29, 1.82) is 0 Å². The summed E-state index contributed by atoms with van der Waals surface area (Å²) in [5.41, 5.74) is 5.41. The predicted molar refractivity (Wildman–Crippen MR) is 69.8 cm³/mol. The monoisotopic (exact) mass is 248 g/mol. The summed E-state index contributed by atoms with van der Waals surface area (Å²) in [6.07, 6.45) is 5.42. The fourth-order valence-corrected chi connectivity index (χ4v) is 2.46. The Balaban J connectivity index is 2.06. The summed E-state index contributed by atoms with van der Waals surface area (Å²) in [5, 5.41) is 10.4. The van der Waals surface area contributed by atoms with Gasteiger partial charge in [-0.1, -0.05) is 6.92 Å². The van der Waals surface area contributed by atoms with Crippen LogP contribution >= 0.6 is 0 Å². The van der Waals surface area contributed by atoms with Gasteiger partial charge in [0.15, 0.2) is 5.82 Å². The molecule has 0 aromatic carbocycles. The maximum absolute atomic E-state index is 12.4. The van der Waals surface area contributed by atoms with E-state index in [-0.39, 0.29) is 5.91 Å². The summed E-state index contributed by atoms with van der Waals surface area (Å²) in [5.74, 6) is 1.17. The van der Waals surface area contributed by atoms with Crippen LogP contribution in [0.1, 0.15) is 32.6 Å². The van der Waals surface area contributed by atoms with Crippen LogP contribution < -0.4 is 11.1 Å². The van der Waals surface area contributed by atoms with Crippen molar-refractivity contribution >= 4 is 11.7 Å². The number of nitrogens with two attached hydrogens (primary N) is 1. The molecule has 1 aliphatic carbocycles. The van der Waals surface area contributed by atoms with Crippen molar-refractivity contribution in [3.63, 3.8) is 0 Å². The fraction of sp³-hybridized carbons (Fsp3) is 0.615. The van der Waals surface area contributed by atoms with Crippen LogP contribution in [0.15, 0.2) is 18.3 Å². The minimum atomic E-state index is -0.427. The summed E-state index contributed by atoms with van der Waals surface area (Å²) in [6.45, 7) is 2.62. The molecular formula is C13H20N4O. The second-order valence-electron chi connectivity index (χ2n) is 5.23. The molecule has 3 N–H and O–H groups in total. The summed E-state index contributed by atoms with van der Waals surface area (Å²) in [6, 6.07) is 3.49. The molecule has 5 heteroatoms. The minimum absolute atomic E-state index is 0.0163. The second kappa shape index (κ2) is 5.44. The van der Waals surface area contributed by atoms with Gasteiger partial charge < -0.3 is 11.1 Å². The molecule has 98 valence electrons. The highest BCUT2D eigenvalue weighted by molar-refractivity contribution is 5.94. The number of carbonyl (C=O) groups excluding carboxylic acids is 1. The molecule has 1 aromatic heterocycles. The predicted octanol–water partition coefficient (Wildman–Crippen LogP) is 1.57. The molecule has 1 aromatic rings. The highest BCUT2D eigenvalue weighted by Gasteiger charge is 2.39. The lowest BCUT2D eigenvalue weighted by Crippen LogP contribution is -2.45. The van der Waals surface area contributed by atoms with E-state index in [0.29, 0.717) is 18.3 Å². The van der Waals surface area contributed by atoms with Gasteiger partial charge in [0.25, 0.3) is 0 Å². The molecule has 0 bridgehead atoms. The summed E-state index contributed by atoms with van der Waals surface area (Å²) in [7, 11) is 0. The first-order chi connectivity index (χ1) is 8.66. The zero-order valence-electron chi connectivity index (χ0n) is 10.7. The molecule has 0 aliphatic heterocycles. The molecule has 5 nitrogen and oxygen atoms in total.